The summed E-state index contributed by atoms with van der Waals surface area (Å²) in [6.07, 6.45) is 7.65. The Balaban J connectivity index is 1.45. The van der Waals surface area contributed by atoms with Crippen LogP contribution in [0.5, 0.6) is 0 Å². The van der Waals surface area contributed by atoms with Crippen LogP contribution in [0.3, 0.4) is 0 Å². The number of aryl methyl sites for hydroxylation is 1. The summed E-state index contributed by atoms with van der Waals surface area (Å²) in [7, 11) is 1.74. The predicted octanol–water partition coefficient (Wildman–Crippen LogP) is 1.77. The SMILES string of the molecule is Cn1cc2c(N3CCC(NC4CC4)CC3)cc(F)c(C(=O)Nc3ccn[nH]c3=O)c2n1. The standard InChI is InChI=1S/C21H24FN7O2/c1-28-11-14-17(29-8-5-13(6-9-29)24-12-2-3-12)10-15(22)18(19(14)27-28)21(31)25-16-4-7-23-26-20(16)30/h4,7,10-13,24H,2-3,5-6,8-9H2,1H3,(H,26,30)(H,23,25,31). The van der Waals surface area contributed by atoms with Gasteiger partial charge in [0.2, 0.25) is 0 Å². The van der Waals surface area contributed by atoms with Crippen LogP contribution < -0.4 is 21.1 Å². The number of aromatic nitrogens is 4. The average molecular weight is 425 g/mol. The van der Waals surface area contributed by atoms with E-state index in [1.54, 1.807) is 17.9 Å². The van der Waals surface area contributed by atoms with Gasteiger partial charge in [0.05, 0.1) is 5.69 Å². The highest BCUT2D eigenvalue weighted by Crippen LogP contribution is 2.33. The summed E-state index contributed by atoms with van der Waals surface area (Å²) >= 11 is 0. The van der Waals surface area contributed by atoms with E-state index in [2.05, 4.69) is 30.8 Å². The molecule has 3 heterocycles. The number of amides is 1. The van der Waals surface area contributed by atoms with Crippen LogP contribution >= 0.6 is 0 Å². The molecular formula is C21H24FN7O2. The van der Waals surface area contributed by atoms with E-state index in [0.717, 1.165) is 31.6 Å². The topological polar surface area (TPSA) is 108 Å². The maximum Gasteiger partial charge on any atom is 0.287 e. The quantitative estimate of drug-likeness (QED) is 0.575. The first-order valence-corrected chi connectivity index (χ1v) is 10.5. The van der Waals surface area contributed by atoms with Gasteiger partial charge in [-0.2, -0.15) is 10.2 Å². The number of aromatic amines is 1. The van der Waals surface area contributed by atoms with Gasteiger partial charge in [-0.15, -0.1) is 0 Å². The monoisotopic (exact) mass is 425 g/mol. The first-order valence-electron chi connectivity index (χ1n) is 10.5. The second-order valence-corrected chi connectivity index (χ2v) is 8.27. The van der Waals surface area contributed by atoms with Crippen molar-refractivity contribution in [3.63, 3.8) is 0 Å². The molecule has 0 atom stereocenters. The zero-order valence-corrected chi connectivity index (χ0v) is 17.2. The lowest BCUT2D eigenvalue weighted by Gasteiger charge is -2.34. The smallest absolute Gasteiger partial charge is 0.287 e. The Morgan fingerprint density at radius 1 is 1.23 bits per heavy atom. The fraction of sp³-hybridized carbons (Fsp3) is 0.429. The van der Waals surface area contributed by atoms with Crippen molar-refractivity contribution < 1.29 is 9.18 Å². The number of rotatable bonds is 5. The number of nitrogens with one attached hydrogen (secondary N) is 3. The molecule has 162 valence electrons. The first-order chi connectivity index (χ1) is 15.0. The summed E-state index contributed by atoms with van der Waals surface area (Å²) in [5.74, 6) is -1.39. The maximum atomic E-state index is 15.2. The molecule has 0 radical (unpaired) electrons. The zero-order valence-electron chi connectivity index (χ0n) is 17.2. The molecule has 2 fully saturated rings. The summed E-state index contributed by atoms with van der Waals surface area (Å²) in [5.41, 5.74) is 0.272. The number of hydrogen-bond donors (Lipinski definition) is 3. The van der Waals surface area contributed by atoms with Crippen LogP contribution in [0.15, 0.2) is 29.3 Å². The van der Waals surface area contributed by atoms with Crippen molar-refractivity contribution in [2.45, 2.75) is 37.8 Å². The van der Waals surface area contributed by atoms with Gasteiger partial charge < -0.3 is 15.5 Å². The third-order valence-corrected chi connectivity index (χ3v) is 5.93. The molecule has 1 amide bonds. The minimum absolute atomic E-state index is 0.00204. The molecule has 2 aromatic heterocycles. The molecule has 1 aliphatic carbocycles. The molecule has 0 bridgehead atoms. The lowest BCUT2D eigenvalue weighted by molar-refractivity contribution is 0.102. The van der Waals surface area contributed by atoms with Crippen LogP contribution in [0.25, 0.3) is 10.9 Å². The van der Waals surface area contributed by atoms with Gasteiger partial charge in [-0.05, 0) is 37.8 Å². The summed E-state index contributed by atoms with van der Waals surface area (Å²) in [4.78, 5) is 26.9. The maximum absolute atomic E-state index is 15.2. The first kappa shape index (κ1) is 19.7. The van der Waals surface area contributed by atoms with E-state index in [0.29, 0.717) is 17.5 Å². The number of benzene rings is 1. The van der Waals surface area contributed by atoms with E-state index in [9.17, 15) is 9.59 Å². The third kappa shape index (κ3) is 3.90. The summed E-state index contributed by atoms with van der Waals surface area (Å²) in [5, 5.41) is 17.0. The molecule has 0 spiro atoms. The van der Waals surface area contributed by atoms with E-state index in [-0.39, 0.29) is 16.8 Å². The Bertz CT molecular complexity index is 1190. The number of fused-ring (bicyclic) bond motifs is 1. The predicted molar refractivity (Wildman–Crippen MR) is 115 cm³/mol. The van der Waals surface area contributed by atoms with E-state index in [4.69, 9.17) is 0 Å². The highest BCUT2D eigenvalue weighted by molar-refractivity contribution is 6.14. The van der Waals surface area contributed by atoms with Gasteiger partial charge in [-0.3, -0.25) is 14.3 Å². The molecule has 1 aliphatic heterocycles. The average Bonchev–Trinajstić information content (AvgIpc) is 3.48. The fourth-order valence-corrected chi connectivity index (χ4v) is 4.22. The number of hydrogen-bond acceptors (Lipinski definition) is 6. The highest BCUT2D eigenvalue weighted by Gasteiger charge is 2.29. The molecule has 9 nitrogen and oxygen atoms in total. The number of nitrogens with zero attached hydrogens (tertiary/aromatic N) is 4. The van der Waals surface area contributed by atoms with Crippen molar-refractivity contribution >= 4 is 28.2 Å². The molecule has 1 aromatic carbocycles. The number of piperidine rings is 1. The van der Waals surface area contributed by atoms with Crippen molar-refractivity contribution in [3.8, 4) is 0 Å². The van der Waals surface area contributed by atoms with E-state index < -0.39 is 17.3 Å². The lowest BCUT2D eigenvalue weighted by atomic mass is 10.0. The number of halogens is 1. The van der Waals surface area contributed by atoms with Crippen molar-refractivity contribution in [1.82, 2.24) is 25.3 Å². The van der Waals surface area contributed by atoms with Crippen LogP contribution in [0.1, 0.15) is 36.0 Å². The van der Waals surface area contributed by atoms with Gasteiger partial charge in [0.1, 0.15) is 22.6 Å². The minimum atomic E-state index is -0.725. The van der Waals surface area contributed by atoms with E-state index >= 15 is 4.39 Å². The molecule has 31 heavy (non-hydrogen) atoms. The Morgan fingerprint density at radius 3 is 2.68 bits per heavy atom. The minimum Gasteiger partial charge on any atom is -0.371 e. The Morgan fingerprint density at radius 2 is 1.97 bits per heavy atom. The number of carbonyl (C=O) groups is 1. The van der Waals surface area contributed by atoms with Crippen LogP contribution in [0.4, 0.5) is 15.8 Å². The molecule has 1 saturated heterocycles. The van der Waals surface area contributed by atoms with Crippen LogP contribution in [0, 0.1) is 5.82 Å². The van der Waals surface area contributed by atoms with Gasteiger partial charge in [-0.25, -0.2) is 9.49 Å². The largest absolute Gasteiger partial charge is 0.371 e. The van der Waals surface area contributed by atoms with Gasteiger partial charge in [0.15, 0.2) is 0 Å². The third-order valence-electron chi connectivity index (χ3n) is 5.93. The summed E-state index contributed by atoms with van der Waals surface area (Å²) < 4.78 is 16.8. The normalized spacial score (nSPS) is 17.3. The second-order valence-electron chi connectivity index (χ2n) is 8.27. The summed E-state index contributed by atoms with van der Waals surface area (Å²) in [6.45, 7) is 1.62. The van der Waals surface area contributed by atoms with Crippen molar-refractivity contribution in [3.05, 3.63) is 46.3 Å². The van der Waals surface area contributed by atoms with Gasteiger partial charge >= 0.3 is 0 Å². The van der Waals surface area contributed by atoms with Crippen molar-refractivity contribution in [2.75, 3.05) is 23.3 Å². The Labute approximate surface area is 177 Å². The molecule has 1 saturated carbocycles. The van der Waals surface area contributed by atoms with Crippen molar-refractivity contribution in [1.29, 1.82) is 0 Å². The van der Waals surface area contributed by atoms with Gasteiger partial charge in [0.25, 0.3) is 11.5 Å². The number of anilines is 2. The van der Waals surface area contributed by atoms with Crippen LogP contribution in [0.2, 0.25) is 0 Å². The Hall–Kier alpha value is -3.27. The van der Waals surface area contributed by atoms with E-state index in [1.165, 1.54) is 31.2 Å². The molecule has 3 N–H and O–H groups in total. The molecule has 2 aliphatic rings. The molecular weight excluding hydrogens is 401 g/mol. The van der Waals surface area contributed by atoms with Crippen LogP contribution in [-0.4, -0.2) is 51.1 Å². The number of carbonyl (C=O) groups excluding carboxylic acids is 1. The lowest BCUT2D eigenvalue weighted by Crippen LogP contribution is -2.43. The van der Waals surface area contributed by atoms with Crippen LogP contribution in [-0.2, 0) is 7.05 Å². The van der Waals surface area contributed by atoms with E-state index in [1.807, 2.05) is 0 Å². The second kappa shape index (κ2) is 7.77. The highest BCUT2D eigenvalue weighted by atomic mass is 19.1. The van der Waals surface area contributed by atoms with Crippen molar-refractivity contribution in [2.24, 2.45) is 7.05 Å². The van der Waals surface area contributed by atoms with Gasteiger partial charge in [0, 0.05) is 50.0 Å². The van der Waals surface area contributed by atoms with Gasteiger partial charge in [-0.1, -0.05) is 0 Å². The Kier molecular flexibility index (Phi) is 4.93. The molecule has 10 heteroatoms. The molecule has 0 unspecified atom stereocenters. The summed E-state index contributed by atoms with van der Waals surface area (Å²) in [6, 6.07) is 3.94. The fourth-order valence-electron chi connectivity index (χ4n) is 4.22. The molecule has 3 aromatic rings. The number of H-pyrrole nitrogens is 1. The zero-order chi connectivity index (χ0) is 21.5. The molecule has 5 rings (SSSR count).